The predicted molar refractivity (Wildman–Crippen MR) is 62.2 cm³/mol. The predicted octanol–water partition coefficient (Wildman–Crippen LogP) is 0.635. The summed E-state index contributed by atoms with van der Waals surface area (Å²) in [5.74, 6) is 0.824. The molecule has 0 amide bonds. The van der Waals surface area contributed by atoms with E-state index in [9.17, 15) is 4.79 Å². The zero-order chi connectivity index (χ0) is 11.5. The van der Waals surface area contributed by atoms with E-state index in [1.54, 1.807) is 0 Å². The Morgan fingerprint density at radius 3 is 3.25 bits per heavy atom. The molecule has 0 fully saturated rings. The lowest BCUT2D eigenvalue weighted by atomic mass is 10.3. The van der Waals surface area contributed by atoms with Gasteiger partial charge in [0.15, 0.2) is 0 Å². The van der Waals surface area contributed by atoms with E-state index in [4.69, 9.17) is 0 Å². The number of halogens is 1. The fraction of sp³-hybridized carbons (Fsp3) is 0.600. The number of ether oxygens (including phenoxy) is 1. The van der Waals surface area contributed by atoms with Crippen molar-refractivity contribution in [1.82, 2.24) is 14.5 Å². The summed E-state index contributed by atoms with van der Waals surface area (Å²) in [4.78, 5) is 17.5. The topological polar surface area (TPSA) is 47.4 Å². The average Bonchev–Trinajstić information content (AvgIpc) is 2.75. The molecule has 6 heteroatoms. The van der Waals surface area contributed by atoms with Gasteiger partial charge in [-0.05, 0) is 0 Å². The van der Waals surface area contributed by atoms with E-state index < -0.39 is 0 Å². The lowest BCUT2D eigenvalue weighted by Gasteiger charge is -2.28. The maximum absolute atomic E-state index is 11.3. The SMILES string of the molecule is COC(=O)C(Br)CN1CCn2ccnc2C1. The molecular formula is C10H14BrN3O2. The van der Waals surface area contributed by atoms with Crippen molar-refractivity contribution in [2.75, 3.05) is 20.2 Å². The zero-order valence-corrected chi connectivity index (χ0v) is 10.7. The number of imidazole rings is 1. The second-order valence-corrected chi connectivity index (χ2v) is 4.87. The van der Waals surface area contributed by atoms with E-state index in [0.717, 1.165) is 25.5 Å². The highest BCUT2D eigenvalue weighted by molar-refractivity contribution is 9.10. The quantitative estimate of drug-likeness (QED) is 0.605. The standard InChI is InChI=1S/C10H14BrN3O2/c1-16-10(15)8(11)6-13-4-5-14-3-2-12-9(14)7-13/h2-3,8H,4-7H2,1H3. The van der Waals surface area contributed by atoms with Crippen LogP contribution in [0.25, 0.3) is 0 Å². The molecule has 1 aliphatic heterocycles. The van der Waals surface area contributed by atoms with Crippen LogP contribution in [-0.4, -0.2) is 45.4 Å². The normalized spacial score (nSPS) is 17.9. The van der Waals surface area contributed by atoms with Crippen LogP contribution in [0.1, 0.15) is 5.82 Å². The largest absolute Gasteiger partial charge is 0.468 e. The molecule has 0 saturated heterocycles. The van der Waals surface area contributed by atoms with Gasteiger partial charge in [-0.3, -0.25) is 9.69 Å². The number of carbonyl (C=O) groups excluding carboxylic acids is 1. The second kappa shape index (κ2) is 4.97. The van der Waals surface area contributed by atoms with Crippen molar-refractivity contribution < 1.29 is 9.53 Å². The van der Waals surface area contributed by atoms with Gasteiger partial charge < -0.3 is 9.30 Å². The Kier molecular flexibility index (Phi) is 3.60. The van der Waals surface area contributed by atoms with Crippen molar-refractivity contribution in [3.63, 3.8) is 0 Å². The Labute approximate surface area is 103 Å². The smallest absolute Gasteiger partial charge is 0.320 e. The van der Waals surface area contributed by atoms with Crippen LogP contribution in [0.3, 0.4) is 0 Å². The first-order valence-corrected chi connectivity index (χ1v) is 6.06. The Morgan fingerprint density at radius 2 is 2.50 bits per heavy atom. The molecule has 0 N–H and O–H groups in total. The van der Waals surface area contributed by atoms with Crippen LogP contribution in [0.15, 0.2) is 12.4 Å². The number of rotatable bonds is 3. The third kappa shape index (κ3) is 2.44. The molecule has 1 aliphatic rings. The van der Waals surface area contributed by atoms with Gasteiger partial charge in [-0.1, -0.05) is 15.9 Å². The molecule has 1 atom stereocenters. The number of methoxy groups -OCH3 is 1. The number of aromatic nitrogens is 2. The molecule has 5 nitrogen and oxygen atoms in total. The molecular weight excluding hydrogens is 274 g/mol. The van der Waals surface area contributed by atoms with Gasteiger partial charge in [-0.25, -0.2) is 4.98 Å². The van der Waals surface area contributed by atoms with Crippen molar-refractivity contribution in [1.29, 1.82) is 0 Å². The molecule has 1 aromatic heterocycles. The van der Waals surface area contributed by atoms with E-state index in [1.165, 1.54) is 7.11 Å². The van der Waals surface area contributed by atoms with E-state index in [-0.39, 0.29) is 10.8 Å². The van der Waals surface area contributed by atoms with Crippen LogP contribution in [-0.2, 0) is 22.6 Å². The van der Waals surface area contributed by atoms with Gasteiger partial charge in [0.1, 0.15) is 10.7 Å². The lowest BCUT2D eigenvalue weighted by molar-refractivity contribution is -0.140. The summed E-state index contributed by atoms with van der Waals surface area (Å²) < 4.78 is 6.81. The molecule has 1 aromatic rings. The van der Waals surface area contributed by atoms with Gasteiger partial charge in [-0.2, -0.15) is 0 Å². The first kappa shape index (κ1) is 11.6. The Morgan fingerprint density at radius 1 is 1.69 bits per heavy atom. The van der Waals surface area contributed by atoms with E-state index in [0.29, 0.717) is 6.54 Å². The summed E-state index contributed by atoms with van der Waals surface area (Å²) >= 11 is 3.33. The molecule has 0 spiro atoms. The lowest BCUT2D eigenvalue weighted by Crippen LogP contribution is -2.39. The minimum Gasteiger partial charge on any atom is -0.468 e. The Balaban J connectivity index is 1.92. The highest BCUT2D eigenvalue weighted by atomic mass is 79.9. The van der Waals surface area contributed by atoms with Gasteiger partial charge in [0.2, 0.25) is 0 Å². The fourth-order valence-electron chi connectivity index (χ4n) is 1.81. The van der Waals surface area contributed by atoms with Gasteiger partial charge in [-0.15, -0.1) is 0 Å². The molecule has 1 unspecified atom stereocenters. The number of alkyl halides is 1. The Hall–Kier alpha value is -0.880. The number of fused-ring (bicyclic) bond motifs is 1. The number of nitrogens with zero attached hydrogens (tertiary/aromatic N) is 3. The second-order valence-electron chi connectivity index (χ2n) is 3.76. The van der Waals surface area contributed by atoms with Crippen molar-refractivity contribution >= 4 is 21.9 Å². The highest BCUT2D eigenvalue weighted by Crippen LogP contribution is 2.13. The molecule has 0 bridgehead atoms. The number of hydrogen-bond donors (Lipinski definition) is 0. The first-order valence-electron chi connectivity index (χ1n) is 5.15. The van der Waals surface area contributed by atoms with Gasteiger partial charge >= 0.3 is 5.97 Å². The molecule has 0 saturated carbocycles. The summed E-state index contributed by atoms with van der Waals surface area (Å²) in [6.45, 7) is 3.30. The van der Waals surface area contributed by atoms with E-state index >= 15 is 0 Å². The number of esters is 1. The van der Waals surface area contributed by atoms with Crippen LogP contribution >= 0.6 is 15.9 Å². The van der Waals surface area contributed by atoms with Crippen LogP contribution in [0, 0.1) is 0 Å². The monoisotopic (exact) mass is 287 g/mol. The van der Waals surface area contributed by atoms with Crippen molar-refractivity contribution in [3.05, 3.63) is 18.2 Å². The summed E-state index contributed by atoms with van der Waals surface area (Å²) in [6.07, 6.45) is 3.79. The average molecular weight is 288 g/mol. The van der Waals surface area contributed by atoms with E-state index in [2.05, 4.69) is 35.1 Å². The molecule has 16 heavy (non-hydrogen) atoms. The maximum atomic E-state index is 11.3. The van der Waals surface area contributed by atoms with Gasteiger partial charge in [0.25, 0.3) is 0 Å². The van der Waals surface area contributed by atoms with Gasteiger partial charge in [0, 0.05) is 32.0 Å². The summed E-state index contributed by atoms with van der Waals surface area (Å²) in [5.41, 5.74) is 0. The first-order chi connectivity index (χ1) is 7.70. The van der Waals surface area contributed by atoms with Gasteiger partial charge in [0.05, 0.1) is 13.7 Å². The van der Waals surface area contributed by atoms with Crippen LogP contribution in [0.2, 0.25) is 0 Å². The molecule has 2 rings (SSSR count). The van der Waals surface area contributed by atoms with Crippen molar-refractivity contribution in [3.8, 4) is 0 Å². The molecule has 0 aliphatic carbocycles. The highest BCUT2D eigenvalue weighted by Gasteiger charge is 2.22. The summed E-state index contributed by atoms with van der Waals surface area (Å²) in [5, 5.41) is 0. The Bertz CT molecular complexity index is 380. The molecule has 0 radical (unpaired) electrons. The molecule has 88 valence electrons. The van der Waals surface area contributed by atoms with Crippen LogP contribution in [0.4, 0.5) is 0 Å². The van der Waals surface area contributed by atoms with Crippen LogP contribution < -0.4 is 0 Å². The van der Waals surface area contributed by atoms with E-state index in [1.807, 2.05) is 12.4 Å². The number of carbonyl (C=O) groups is 1. The minimum atomic E-state index is -0.265. The van der Waals surface area contributed by atoms with Crippen LogP contribution in [0.5, 0.6) is 0 Å². The third-order valence-electron chi connectivity index (χ3n) is 2.70. The third-order valence-corrected chi connectivity index (χ3v) is 3.36. The van der Waals surface area contributed by atoms with Crippen molar-refractivity contribution in [2.24, 2.45) is 0 Å². The minimum absolute atomic E-state index is 0.228. The zero-order valence-electron chi connectivity index (χ0n) is 9.10. The summed E-state index contributed by atoms with van der Waals surface area (Å²) in [7, 11) is 1.40. The summed E-state index contributed by atoms with van der Waals surface area (Å²) in [6, 6.07) is 0. The molecule has 2 heterocycles. The maximum Gasteiger partial charge on any atom is 0.320 e. The molecule has 0 aromatic carbocycles. The number of hydrogen-bond acceptors (Lipinski definition) is 4. The fourth-order valence-corrected chi connectivity index (χ4v) is 2.40. The van der Waals surface area contributed by atoms with Crippen molar-refractivity contribution in [2.45, 2.75) is 17.9 Å².